The van der Waals surface area contributed by atoms with Crippen LogP contribution in [0.1, 0.15) is 38.5 Å². The van der Waals surface area contributed by atoms with E-state index < -0.39 is 0 Å². The summed E-state index contributed by atoms with van der Waals surface area (Å²) >= 11 is 0. The van der Waals surface area contributed by atoms with E-state index in [0.717, 1.165) is 23.4 Å². The van der Waals surface area contributed by atoms with Crippen molar-refractivity contribution >= 4 is 5.91 Å². The summed E-state index contributed by atoms with van der Waals surface area (Å²) < 4.78 is 7.56. The van der Waals surface area contributed by atoms with E-state index in [9.17, 15) is 4.79 Å². The predicted molar refractivity (Wildman–Crippen MR) is 120 cm³/mol. The Hall–Kier alpha value is -3.60. The Balaban J connectivity index is 1.58. The number of aryl methyl sites for hydroxylation is 3. The number of hydrogen-bond acceptors (Lipinski definition) is 3. The molecule has 0 bridgehead atoms. The lowest BCUT2D eigenvalue weighted by Gasteiger charge is -2.29. The third-order valence-electron chi connectivity index (χ3n) is 5.92. The quantitative estimate of drug-likeness (QED) is 0.462. The Morgan fingerprint density at radius 1 is 0.968 bits per heavy atom. The number of carbonyl (C=O) groups excluding carboxylic acids is 1. The number of fused-ring (bicyclic) bond motifs is 1. The SMILES string of the molecule is Cc1ccc(-n2nc(-c3ccc(C)o3)cc2C(=O)N2CCc3ccccc3C2)c(C)c1. The Morgan fingerprint density at radius 2 is 1.77 bits per heavy atom. The van der Waals surface area contributed by atoms with Crippen LogP contribution in [-0.2, 0) is 13.0 Å². The monoisotopic (exact) mass is 411 g/mol. The Kier molecular flexibility index (Phi) is 4.74. The second-order valence-corrected chi connectivity index (χ2v) is 8.27. The highest BCUT2D eigenvalue weighted by atomic mass is 16.3. The van der Waals surface area contributed by atoms with Gasteiger partial charge in [0.2, 0.25) is 0 Å². The minimum atomic E-state index is -0.0171. The van der Waals surface area contributed by atoms with Crippen LogP contribution in [0, 0.1) is 20.8 Å². The molecule has 0 saturated heterocycles. The van der Waals surface area contributed by atoms with Gasteiger partial charge in [0.25, 0.3) is 5.91 Å². The molecule has 5 nitrogen and oxygen atoms in total. The maximum Gasteiger partial charge on any atom is 0.272 e. The zero-order valence-corrected chi connectivity index (χ0v) is 18.1. The summed E-state index contributed by atoms with van der Waals surface area (Å²) in [5, 5.41) is 4.79. The van der Waals surface area contributed by atoms with E-state index in [2.05, 4.69) is 31.2 Å². The van der Waals surface area contributed by atoms with Crippen molar-refractivity contribution in [3.8, 4) is 17.1 Å². The molecule has 2 aromatic heterocycles. The van der Waals surface area contributed by atoms with Crippen molar-refractivity contribution in [1.29, 1.82) is 0 Å². The number of nitrogens with zero attached hydrogens (tertiary/aromatic N) is 3. The molecule has 0 spiro atoms. The van der Waals surface area contributed by atoms with Gasteiger partial charge in [-0.2, -0.15) is 5.10 Å². The first-order valence-electron chi connectivity index (χ1n) is 10.6. The van der Waals surface area contributed by atoms with E-state index in [1.54, 1.807) is 4.68 Å². The van der Waals surface area contributed by atoms with Gasteiger partial charge in [-0.15, -0.1) is 0 Å². The highest BCUT2D eigenvalue weighted by Gasteiger charge is 2.27. The third-order valence-corrected chi connectivity index (χ3v) is 5.92. The number of benzene rings is 2. The standard InChI is InChI=1S/C26H25N3O2/c1-17-8-10-23(18(2)14-17)29-24(15-22(27-29)25-11-9-19(3)31-25)26(30)28-13-12-20-6-4-5-7-21(20)16-28/h4-11,14-15H,12-13,16H2,1-3H3. The van der Waals surface area contributed by atoms with E-state index in [4.69, 9.17) is 9.52 Å². The van der Waals surface area contributed by atoms with Gasteiger partial charge in [-0.1, -0.05) is 42.0 Å². The first-order valence-corrected chi connectivity index (χ1v) is 10.6. The number of aromatic nitrogens is 2. The summed E-state index contributed by atoms with van der Waals surface area (Å²) in [6.07, 6.45) is 0.865. The predicted octanol–water partition coefficient (Wildman–Crippen LogP) is 5.26. The van der Waals surface area contributed by atoms with Crippen molar-refractivity contribution in [2.75, 3.05) is 6.54 Å². The smallest absolute Gasteiger partial charge is 0.272 e. The summed E-state index contributed by atoms with van der Waals surface area (Å²) in [6.45, 7) is 7.33. The molecule has 1 aliphatic heterocycles. The molecule has 1 amide bonds. The van der Waals surface area contributed by atoms with Crippen molar-refractivity contribution in [3.05, 3.63) is 94.4 Å². The molecule has 0 N–H and O–H groups in total. The van der Waals surface area contributed by atoms with Crippen LogP contribution in [0.3, 0.4) is 0 Å². The first-order chi connectivity index (χ1) is 15.0. The lowest BCUT2D eigenvalue weighted by Crippen LogP contribution is -2.37. The van der Waals surface area contributed by atoms with E-state index >= 15 is 0 Å². The molecule has 31 heavy (non-hydrogen) atoms. The molecule has 0 fully saturated rings. The Labute approximate surface area is 181 Å². The van der Waals surface area contributed by atoms with Crippen molar-refractivity contribution in [3.63, 3.8) is 0 Å². The molecule has 0 aliphatic carbocycles. The summed E-state index contributed by atoms with van der Waals surface area (Å²) in [7, 11) is 0. The molecule has 156 valence electrons. The van der Waals surface area contributed by atoms with Crippen LogP contribution in [0.15, 0.2) is 65.1 Å². The molecule has 2 aromatic carbocycles. The summed E-state index contributed by atoms with van der Waals surface area (Å²) in [5.74, 6) is 1.46. The van der Waals surface area contributed by atoms with Crippen LogP contribution in [0.2, 0.25) is 0 Å². The maximum absolute atomic E-state index is 13.7. The van der Waals surface area contributed by atoms with Crippen LogP contribution < -0.4 is 0 Å². The lowest BCUT2D eigenvalue weighted by molar-refractivity contribution is 0.0725. The molecule has 3 heterocycles. The summed E-state index contributed by atoms with van der Waals surface area (Å²) in [5.41, 5.74) is 6.90. The molecule has 0 saturated carbocycles. The van der Waals surface area contributed by atoms with Crippen molar-refractivity contribution in [2.45, 2.75) is 33.7 Å². The van der Waals surface area contributed by atoms with Gasteiger partial charge in [-0.25, -0.2) is 4.68 Å². The topological polar surface area (TPSA) is 51.3 Å². The van der Waals surface area contributed by atoms with Crippen LogP contribution in [0.5, 0.6) is 0 Å². The molecular weight excluding hydrogens is 386 g/mol. The molecule has 1 aliphatic rings. The number of hydrogen-bond donors (Lipinski definition) is 0. The lowest BCUT2D eigenvalue weighted by atomic mass is 10.00. The average molecular weight is 412 g/mol. The van der Waals surface area contributed by atoms with E-state index in [1.807, 2.05) is 55.1 Å². The van der Waals surface area contributed by atoms with E-state index in [0.29, 0.717) is 30.2 Å². The second-order valence-electron chi connectivity index (χ2n) is 8.27. The van der Waals surface area contributed by atoms with Gasteiger partial charge in [0.05, 0.1) is 5.69 Å². The van der Waals surface area contributed by atoms with Gasteiger partial charge in [-0.3, -0.25) is 4.79 Å². The fraction of sp³-hybridized carbons (Fsp3) is 0.231. The minimum absolute atomic E-state index is 0.0171. The van der Waals surface area contributed by atoms with Gasteiger partial charge in [-0.05, 0) is 62.1 Å². The molecule has 0 radical (unpaired) electrons. The number of amides is 1. The van der Waals surface area contributed by atoms with Crippen molar-refractivity contribution in [2.24, 2.45) is 0 Å². The van der Waals surface area contributed by atoms with Gasteiger partial charge < -0.3 is 9.32 Å². The fourth-order valence-electron chi connectivity index (χ4n) is 4.28. The summed E-state index contributed by atoms with van der Waals surface area (Å²) in [4.78, 5) is 15.6. The van der Waals surface area contributed by atoms with Gasteiger partial charge >= 0.3 is 0 Å². The minimum Gasteiger partial charge on any atom is -0.460 e. The summed E-state index contributed by atoms with van der Waals surface area (Å²) in [6, 6.07) is 20.2. The van der Waals surface area contributed by atoms with E-state index in [1.165, 1.54) is 16.7 Å². The highest BCUT2D eigenvalue weighted by molar-refractivity contribution is 5.94. The Bertz CT molecular complexity index is 1280. The normalized spacial score (nSPS) is 13.3. The zero-order chi connectivity index (χ0) is 21.5. The molecule has 0 atom stereocenters. The van der Waals surface area contributed by atoms with Gasteiger partial charge in [0.15, 0.2) is 5.76 Å². The van der Waals surface area contributed by atoms with Gasteiger partial charge in [0.1, 0.15) is 17.1 Å². The van der Waals surface area contributed by atoms with Crippen LogP contribution in [-0.4, -0.2) is 27.1 Å². The first kappa shape index (κ1) is 19.4. The van der Waals surface area contributed by atoms with Crippen LogP contribution in [0.25, 0.3) is 17.1 Å². The third kappa shape index (κ3) is 3.56. The van der Waals surface area contributed by atoms with Gasteiger partial charge in [0, 0.05) is 19.2 Å². The maximum atomic E-state index is 13.7. The average Bonchev–Trinajstić information content (AvgIpc) is 3.39. The molecular formula is C26H25N3O2. The zero-order valence-electron chi connectivity index (χ0n) is 18.1. The molecule has 4 aromatic rings. The van der Waals surface area contributed by atoms with E-state index in [-0.39, 0.29) is 5.91 Å². The molecule has 0 unspecified atom stereocenters. The van der Waals surface area contributed by atoms with Crippen molar-refractivity contribution in [1.82, 2.24) is 14.7 Å². The van der Waals surface area contributed by atoms with Crippen LogP contribution in [0.4, 0.5) is 0 Å². The number of furan rings is 1. The second kappa shape index (κ2) is 7.58. The highest BCUT2D eigenvalue weighted by Crippen LogP contribution is 2.27. The van der Waals surface area contributed by atoms with Crippen LogP contribution >= 0.6 is 0 Å². The fourth-order valence-corrected chi connectivity index (χ4v) is 4.28. The molecule has 5 rings (SSSR count). The number of carbonyl (C=O) groups is 1. The Morgan fingerprint density at radius 3 is 2.52 bits per heavy atom. The largest absolute Gasteiger partial charge is 0.460 e. The van der Waals surface area contributed by atoms with Crippen molar-refractivity contribution < 1.29 is 9.21 Å². The number of rotatable bonds is 3. The molecule has 5 heteroatoms.